The third kappa shape index (κ3) is 4.34. The topological polar surface area (TPSA) is 46.3 Å². The second kappa shape index (κ2) is 7.17. The summed E-state index contributed by atoms with van der Waals surface area (Å²) in [7, 11) is 0. The first-order valence-corrected chi connectivity index (χ1v) is 7.58. The minimum atomic E-state index is -0.291. The fourth-order valence-corrected chi connectivity index (χ4v) is 2.58. The summed E-state index contributed by atoms with van der Waals surface area (Å²) < 4.78 is 0. The molecule has 1 rings (SSSR count). The molecule has 3 nitrogen and oxygen atoms in total. The van der Waals surface area contributed by atoms with Crippen LogP contribution in [-0.2, 0) is 4.79 Å². The minimum absolute atomic E-state index is 0.156. The van der Waals surface area contributed by atoms with E-state index in [9.17, 15) is 4.79 Å². The number of amides is 1. The van der Waals surface area contributed by atoms with Crippen molar-refractivity contribution >= 4 is 17.7 Å². The normalized spacial score (nSPS) is 23.9. The molecular weight excluding hydrogens is 220 g/mol. The van der Waals surface area contributed by atoms with Crippen LogP contribution in [0, 0.1) is 5.92 Å². The van der Waals surface area contributed by atoms with E-state index in [2.05, 4.69) is 6.92 Å². The highest BCUT2D eigenvalue weighted by Crippen LogP contribution is 2.17. The summed E-state index contributed by atoms with van der Waals surface area (Å²) in [5.74, 6) is 1.88. The maximum Gasteiger partial charge on any atom is 0.239 e. The summed E-state index contributed by atoms with van der Waals surface area (Å²) >= 11 is 1.75. The Bertz CT molecular complexity index is 223. The van der Waals surface area contributed by atoms with Gasteiger partial charge in [0, 0.05) is 13.1 Å². The van der Waals surface area contributed by atoms with Crippen molar-refractivity contribution < 1.29 is 4.79 Å². The first-order chi connectivity index (χ1) is 7.65. The first kappa shape index (κ1) is 13.8. The van der Waals surface area contributed by atoms with Crippen LogP contribution in [0.5, 0.6) is 0 Å². The molecular formula is C12H24N2OS. The maximum atomic E-state index is 12.1. The van der Waals surface area contributed by atoms with E-state index in [1.807, 2.05) is 11.2 Å². The summed E-state index contributed by atoms with van der Waals surface area (Å²) in [6.45, 7) is 4.06. The molecule has 1 aliphatic heterocycles. The highest BCUT2D eigenvalue weighted by Gasteiger charge is 2.22. The van der Waals surface area contributed by atoms with Crippen LogP contribution in [0.1, 0.15) is 32.6 Å². The van der Waals surface area contributed by atoms with E-state index < -0.39 is 0 Å². The van der Waals surface area contributed by atoms with Crippen LogP contribution in [0.4, 0.5) is 0 Å². The third-order valence-electron chi connectivity index (χ3n) is 3.28. The van der Waals surface area contributed by atoms with Gasteiger partial charge in [-0.15, -0.1) is 0 Å². The number of hydrogen-bond donors (Lipinski definition) is 1. The molecule has 1 aliphatic rings. The fraction of sp³-hybridized carbons (Fsp3) is 0.917. The lowest BCUT2D eigenvalue weighted by Gasteiger charge is -2.24. The van der Waals surface area contributed by atoms with E-state index in [4.69, 9.17) is 5.73 Å². The lowest BCUT2D eigenvalue weighted by atomic mass is 10.0. The molecule has 94 valence electrons. The average Bonchev–Trinajstić information content (AvgIpc) is 2.50. The maximum absolute atomic E-state index is 12.1. The highest BCUT2D eigenvalue weighted by atomic mass is 32.2. The van der Waals surface area contributed by atoms with Gasteiger partial charge in [-0.1, -0.05) is 6.92 Å². The fourth-order valence-electron chi connectivity index (χ4n) is 2.09. The van der Waals surface area contributed by atoms with Crippen molar-refractivity contribution in [3.05, 3.63) is 0 Å². The van der Waals surface area contributed by atoms with E-state index in [1.54, 1.807) is 11.8 Å². The van der Waals surface area contributed by atoms with Crippen molar-refractivity contribution in [3.63, 3.8) is 0 Å². The predicted octanol–water partition coefficient (Wildman–Crippen LogP) is 1.72. The number of thioether (sulfide) groups is 1. The summed E-state index contributed by atoms with van der Waals surface area (Å²) in [5.41, 5.74) is 5.92. The van der Waals surface area contributed by atoms with Crippen molar-refractivity contribution in [1.82, 2.24) is 4.90 Å². The number of hydrogen-bond acceptors (Lipinski definition) is 3. The van der Waals surface area contributed by atoms with Crippen molar-refractivity contribution in [3.8, 4) is 0 Å². The van der Waals surface area contributed by atoms with Crippen molar-refractivity contribution in [2.24, 2.45) is 11.7 Å². The molecule has 0 saturated carbocycles. The number of rotatable bonds is 4. The second-order valence-electron chi connectivity index (χ2n) is 4.75. The van der Waals surface area contributed by atoms with Crippen LogP contribution in [0.2, 0.25) is 0 Å². The van der Waals surface area contributed by atoms with Crippen LogP contribution in [0.25, 0.3) is 0 Å². The number of nitrogens with two attached hydrogens (primary N) is 1. The van der Waals surface area contributed by atoms with Gasteiger partial charge in [0.1, 0.15) is 0 Å². The van der Waals surface area contributed by atoms with Gasteiger partial charge in [0.25, 0.3) is 0 Å². The summed E-state index contributed by atoms with van der Waals surface area (Å²) in [6, 6.07) is -0.291. The van der Waals surface area contributed by atoms with Crippen molar-refractivity contribution in [2.45, 2.75) is 38.6 Å². The minimum Gasteiger partial charge on any atom is -0.341 e. The molecule has 2 N–H and O–H groups in total. The Hall–Kier alpha value is -0.220. The number of carbonyl (C=O) groups excluding carboxylic acids is 1. The molecule has 2 atom stereocenters. The van der Waals surface area contributed by atoms with Crippen LogP contribution in [0.15, 0.2) is 0 Å². The molecule has 16 heavy (non-hydrogen) atoms. The SMILES string of the molecule is CSCC[C@@H](N)C(=O)N1CCCC(C)CC1. The number of likely N-dealkylation sites (tertiary alicyclic amines) is 1. The molecule has 1 unspecified atom stereocenters. The van der Waals surface area contributed by atoms with Gasteiger partial charge in [0.05, 0.1) is 6.04 Å². The summed E-state index contributed by atoms with van der Waals surface area (Å²) in [5, 5.41) is 0. The Kier molecular flexibility index (Phi) is 6.21. The zero-order valence-corrected chi connectivity index (χ0v) is 11.3. The zero-order valence-electron chi connectivity index (χ0n) is 10.4. The van der Waals surface area contributed by atoms with Gasteiger partial charge in [-0.25, -0.2) is 0 Å². The smallest absolute Gasteiger partial charge is 0.239 e. The molecule has 1 heterocycles. The quantitative estimate of drug-likeness (QED) is 0.819. The average molecular weight is 244 g/mol. The Balaban J connectivity index is 2.39. The summed E-state index contributed by atoms with van der Waals surface area (Å²) in [4.78, 5) is 14.0. The Labute approximate surface area is 103 Å². The van der Waals surface area contributed by atoms with Crippen LogP contribution < -0.4 is 5.73 Å². The van der Waals surface area contributed by atoms with Gasteiger partial charge in [-0.2, -0.15) is 11.8 Å². The Morgan fingerprint density at radius 3 is 2.94 bits per heavy atom. The van der Waals surface area contributed by atoms with E-state index in [0.29, 0.717) is 0 Å². The monoisotopic (exact) mass is 244 g/mol. The van der Waals surface area contributed by atoms with Gasteiger partial charge in [-0.3, -0.25) is 4.79 Å². The largest absolute Gasteiger partial charge is 0.341 e. The van der Waals surface area contributed by atoms with Crippen LogP contribution in [-0.4, -0.2) is 41.9 Å². The molecule has 1 saturated heterocycles. The first-order valence-electron chi connectivity index (χ1n) is 6.18. The Morgan fingerprint density at radius 2 is 2.25 bits per heavy atom. The van der Waals surface area contributed by atoms with Gasteiger partial charge < -0.3 is 10.6 Å². The van der Waals surface area contributed by atoms with Crippen LogP contribution >= 0.6 is 11.8 Å². The van der Waals surface area contributed by atoms with E-state index in [-0.39, 0.29) is 11.9 Å². The predicted molar refractivity (Wildman–Crippen MR) is 70.6 cm³/mol. The number of nitrogens with zero attached hydrogens (tertiary/aromatic N) is 1. The molecule has 0 aromatic carbocycles. The third-order valence-corrected chi connectivity index (χ3v) is 3.92. The highest BCUT2D eigenvalue weighted by molar-refractivity contribution is 7.98. The zero-order chi connectivity index (χ0) is 12.0. The van der Waals surface area contributed by atoms with Gasteiger partial charge in [0.15, 0.2) is 0 Å². The lowest BCUT2D eigenvalue weighted by Crippen LogP contribution is -2.44. The van der Waals surface area contributed by atoms with Crippen molar-refractivity contribution in [1.29, 1.82) is 0 Å². The molecule has 4 heteroatoms. The molecule has 0 bridgehead atoms. The lowest BCUT2D eigenvalue weighted by molar-refractivity contribution is -0.132. The molecule has 0 aliphatic carbocycles. The summed E-state index contributed by atoms with van der Waals surface area (Å²) in [6.07, 6.45) is 6.34. The van der Waals surface area contributed by atoms with Gasteiger partial charge in [-0.05, 0) is 43.6 Å². The van der Waals surface area contributed by atoms with E-state index in [1.165, 1.54) is 6.42 Å². The Morgan fingerprint density at radius 1 is 1.50 bits per heavy atom. The molecule has 0 aromatic rings. The number of carbonyl (C=O) groups is 1. The van der Waals surface area contributed by atoms with Gasteiger partial charge >= 0.3 is 0 Å². The molecule has 1 fully saturated rings. The molecule has 0 radical (unpaired) electrons. The van der Waals surface area contributed by atoms with Gasteiger partial charge in [0.2, 0.25) is 5.91 Å². The standard InChI is InChI=1S/C12H24N2OS/c1-10-4-3-7-14(8-5-10)12(15)11(13)6-9-16-2/h10-11H,3-9,13H2,1-2H3/t10?,11-/m1/s1. The molecule has 0 aromatic heterocycles. The molecule has 1 amide bonds. The molecule has 0 spiro atoms. The van der Waals surface area contributed by atoms with Crippen LogP contribution in [0.3, 0.4) is 0 Å². The van der Waals surface area contributed by atoms with Crippen molar-refractivity contribution in [2.75, 3.05) is 25.1 Å². The van der Waals surface area contributed by atoms with E-state index >= 15 is 0 Å². The van der Waals surface area contributed by atoms with E-state index in [0.717, 1.165) is 44.0 Å². The second-order valence-corrected chi connectivity index (χ2v) is 5.73.